The van der Waals surface area contributed by atoms with Crippen LogP contribution in [0.5, 0.6) is 0 Å². The Kier molecular flexibility index (Phi) is 3.45. The maximum Gasteiger partial charge on any atom is 0.341 e. The number of nitrogens with zero attached hydrogens (tertiary/aromatic N) is 1. The Morgan fingerprint density at radius 2 is 1.82 bits per heavy atom. The summed E-state index contributed by atoms with van der Waals surface area (Å²) in [6.45, 7) is 1.89. The average molecular weight is 235 g/mol. The van der Waals surface area contributed by atoms with Crippen LogP contribution in [-0.2, 0) is 10.4 Å². The van der Waals surface area contributed by atoms with Gasteiger partial charge in [-0.25, -0.2) is 4.79 Å². The Balaban J connectivity index is 2.23. The van der Waals surface area contributed by atoms with Crippen molar-refractivity contribution in [1.82, 2.24) is 4.90 Å². The number of carbonyl (C=O) groups is 1. The van der Waals surface area contributed by atoms with Crippen molar-refractivity contribution in [3.63, 3.8) is 0 Å². The fourth-order valence-electron chi connectivity index (χ4n) is 2.26. The van der Waals surface area contributed by atoms with E-state index in [-0.39, 0.29) is 6.54 Å². The minimum Gasteiger partial charge on any atom is -0.479 e. The summed E-state index contributed by atoms with van der Waals surface area (Å²) in [5, 5.41) is 19.6. The molecule has 2 N–H and O–H groups in total. The predicted octanol–water partition coefficient (Wildman–Crippen LogP) is 1.05. The molecule has 0 aromatic heterocycles. The van der Waals surface area contributed by atoms with Crippen LogP contribution in [0.3, 0.4) is 0 Å². The van der Waals surface area contributed by atoms with Crippen LogP contribution < -0.4 is 0 Å². The zero-order chi connectivity index (χ0) is 12.3. The molecule has 1 aliphatic heterocycles. The van der Waals surface area contributed by atoms with Crippen LogP contribution in [0.2, 0.25) is 0 Å². The first kappa shape index (κ1) is 12.1. The third kappa shape index (κ3) is 2.48. The number of carboxylic acid groups (broad SMARTS) is 1. The monoisotopic (exact) mass is 235 g/mol. The number of β-amino-alcohol motifs (C(OH)–C–C–N with tert-alkyl or cyclic N) is 1. The number of carboxylic acids is 1. The summed E-state index contributed by atoms with van der Waals surface area (Å²) >= 11 is 0. The third-order valence-corrected chi connectivity index (χ3v) is 3.26. The molecule has 17 heavy (non-hydrogen) atoms. The van der Waals surface area contributed by atoms with Crippen molar-refractivity contribution >= 4 is 5.97 Å². The minimum absolute atomic E-state index is 0.159. The van der Waals surface area contributed by atoms with E-state index in [9.17, 15) is 15.0 Å². The fraction of sp³-hybridized carbons (Fsp3) is 0.462. The highest BCUT2D eigenvalue weighted by Gasteiger charge is 2.40. The molecule has 1 heterocycles. The van der Waals surface area contributed by atoms with Crippen LogP contribution in [0.15, 0.2) is 30.3 Å². The van der Waals surface area contributed by atoms with E-state index >= 15 is 0 Å². The van der Waals surface area contributed by atoms with Gasteiger partial charge in [-0.15, -0.1) is 0 Å². The number of benzene rings is 1. The second-order valence-corrected chi connectivity index (χ2v) is 4.51. The number of hydrogen-bond acceptors (Lipinski definition) is 3. The van der Waals surface area contributed by atoms with E-state index in [0.29, 0.717) is 5.56 Å². The van der Waals surface area contributed by atoms with Crippen molar-refractivity contribution in [1.29, 1.82) is 0 Å². The van der Waals surface area contributed by atoms with Gasteiger partial charge in [0.05, 0.1) is 0 Å². The molecule has 92 valence electrons. The number of rotatable bonds is 4. The van der Waals surface area contributed by atoms with E-state index in [4.69, 9.17) is 0 Å². The number of aliphatic carboxylic acids is 1. The van der Waals surface area contributed by atoms with Gasteiger partial charge in [-0.05, 0) is 31.5 Å². The Hall–Kier alpha value is -1.39. The molecule has 0 saturated carbocycles. The van der Waals surface area contributed by atoms with Crippen LogP contribution in [0.4, 0.5) is 0 Å². The molecule has 1 fully saturated rings. The molecular formula is C13H17NO3. The molecule has 0 amide bonds. The molecule has 1 aromatic carbocycles. The summed E-state index contributed by atoms with van der Waals surface area (Å²) in [5.74, 6) is -1.18. The summed E-state index contributed by atoms with van der Waals surface area (Å²) in [5.41, 5.74) is -1.36. The van der Waals surface area contributed by atoms with Crippen molar-refractivity contribution < 1.29 is 15.0 Å². The van der Waals surface area contributed by atoms with E-state index in [1.165, 1.54) is 0 Å². The summed E-state index contributed by atoms with van der Waals surface area (Å²) in [6, 6.07) is 8.61. The van der Waals surface area contributed by atoms with Crippen molar-refractivity contribution in [3.8, 4) is 0 Å². The number of hydrogen-bond donors (Lipinski definition) is 2. The number of aliphatic hydroxyl groups is 1. The van der Waals surface area contributed by atoms with Crippen molar-refractivity contribution in [2.75, 3.05) is 19.6 Å². The lowest BCUT2D eigenvalue weighted by Crippen LogP contribution is -2.45. The molecule has 0 radical (unpaired) electrons. The maximum atomic E-state index is 11.3. The average Bonchev–Trinajstić information content (AvgIpc) is 2.82. The Morgan fingerprint density at radius 3 is 2.35 bits per heavy atom. The Bertz CT molecular complexity index is 387. The fourth-order valence-corrected chi connectivity index (χ4v) is 2.26. The summed E-state index contributed by atoms with van der Waals surface area (Å²) < 4.78 is 0. The van der Waals surface area contributed by atoms with E-state index < -0.39 is 11.6 Å². The molecule has 0 bridgehead atoms. The first-order valence-corrected chi connectivity index (χ1v) is 5.86. The number of likely N-dealkylation sites (tertiary alicyclic amines) is 1. The minimum atomic E-state index is -1.80. The summed E-state index contributed by atoms with van der Waals surface area (Å²) in [6.07, 6.45) is 2.15. The van der Waals surface area contributed by atoms with Gasteiger partial charge >= 0.3 is 5.97 Å². The second-order valence-electron chi connectivity index (χ2n) is 4.51. The van der Waals surface area contributed by atoms with Gasteiger partial charge in [-0.1, -0.05) is 30.3 Å². The highest BCUT2D eigenvalue weighted by atomic mass is 16.4. The van der Waals surface area contributed by atoms with Crippen LogP contribution in [0, 0.1) is 0 Å². The van der Waals surface area contributed by atoms with Crippen LogP contribution in [-0.4, -0.2) is 40.7 Å². The molecule has 1 aromatic rings. The topological polar surface area (TPSA) is 60.8 Å². The highest BCUT2D eigenvalue weighted by molar-refractivity contribution is 5.79. The Labute approximate surface area is 100 Å². The molecule has 1 saturated heterocycles. The Morgan fingerprint density at radius 1 is 1.24 bits per heavy atom. The van der Waals surface area contributed by atoms with Gasteiger partial charge in [0.25, 0.3) is 0 Å². The lowest BCUT2D eigenvalue weighted by atomic mass is 9.93. The molecule has 4 heteroatoms. The van der Waals surface area contributed by atoms with Gasteiger partial charge in [0.2, 0.25) is 0 Å². The molecule has 0 spiro atoms. The van der Waals surface area contributed by atoms with Gasteiger partial charge in [-0.2, -0.15) is 0 Å². The second kappa shape index (κ2) is 4.85. The van der Waals surface area contributed by atoms with Crippen LogP contribution >= 0.6 is 0 Å². The van der Waals surface area contributed by atoms with Gasteiger partial charge in [0.1, 0.15) is 0 Å². The quantitative estimate of drug-likeness (QED) is 0.819. The molecule has 1 aliphatic rings. The van der Waals surface area contributed by atoms with Crippen LogP contribution in [0.1, 0.15) is 18.4 Å². The van der Waals surface area contributed by atoms with Crippen molar-refractivity contribution in [2.45, 2.75) is 18.4 Å². The largest absolute Gasteiger partial charge is 0.479 e. The summed E-state index contributed by atoms with van der Waals surface area (Å²) in [4.78, 5) is 13.3. The zero-order valence-corrected chi connectivity index (χ0v) is 9.67. The molecular weight excluding hydrogens is 218 g/mol. The third-order valence-electron chi connectivity index (χ3n) is 3.26. The first-order valence-electron chi connectivity index (χ1n) is 5.86. The standard InChI is InChI=1S/C13H17NO3/c15-12(16)13(17,10-14-8-4-5-9-14)11-6-2-1-3-7-11/h1-3,6-7,17H,4-5,8-10H2,(H,15,16). The molecule has 1 atom stereocenters. The SMILES string of the molecule is O=C(O)C(O)(CN1CCCC1)c1ccccc1. The van der Waals surface area contributed by atoms with Crippen molar-refractivity contribution in [3.05, 3.63) is 35.9 Å². The van der Waals surface area contributed by atoms with E-state index in [2.05, 4.69) is 0 Å². The van der Waals surface area contributed by atoms with E-state index in [1.54, 1.807) is 24.3 Å². The maximum absolute atomic E-state index is 11.3. The zero-order valence-electron chi connectivity index (χ0n) is 9.67. The molecule has 0 aliphatic carbocycles. The predicted molar refractivity (Wildman–Crippen MR) is 63.6 cm³/mol. The first-order chi connectivity index (χ1) is 8.13. The highest BCUT2D eigenvalue weighted by Crippen LogP contribution is 2.24. The van der Waals surface area contributed by atoms with Crippen LogP contribution in [0.25, 0.3) is 0 Å². The smallest absolute Gasteiger partial charge is 0.341 e. The van der Waals surface area contributed by atoms with E-state index in [1.807, 2.05) is 11.0 Å². The lowest BCUT2D eigenvalue weighted by Gasteiger charge is -2.28. The van der Waals surface area contributed by atoms with Crippen molar-refractivity contribution in [2.24, 2.45) is 0 Å². The summed E-state index contributed by atoms with van der Waals surface area (Å²) in [7, 11) is 0. The van der Waals surface area contributed by atoms with E-state index in [0.717, 1.165) is 25.9 Å². The normalized spacial score (nSPS) is 20.1. The molecule has 2 rings (SSSR count). The molecule has 1 unspecified atom stereocenters. The van der Waals surface area contributed by atoms with Gasteiger partial charge in [-0.3, -0.25) is 4.90 Å². The van der Waals surface area contributed by atoms with Gasteiger partial charge in [0, 0.05) is 6.54 Å². The van der Waals surface area contributed by atoms with Gasteiger partial charge < -0.3 is 10.2 Å². The lowest BCUT2D eigenvalue weighted by molar-refractivity contribution is -0.161. The molecule has 4 nitrogen and oxygen atoms in total. The van der Waals surface area contributed by atoms with Gasteiger partial charge in [0.15, 0.2) is 5.60 Å².